The Labute approximate surface area is 248 Å². The van der Waals surface area contributed by atoms with Crippen molar-refractivity contribution in [2.45, 2.75) is 13.8 Å². The van der Waals surface area contributed by atoms with Gasteiger partial charge in [-0.2, -0.15) is 0 Å². The number of hydrogen-bond acceptors (Lipinski definition) is 6. The number of anilines is 1. The summed E-state index contributed by atoms with van der Waals surface area (Å²) in [6, 6.07) is 25.3. The summed E-state index contributed by atoms with van der Waals surface area (Å²) in [7, 11) is -0.522. The fourth-order valence-corrected chi connectivity index (χ4v) is 6.60. The molecule has 0 saturated carbocycles. The molecule has 7 nitrogen and oxygen atoms in total. The molecule has 0 unspecified atom stereocenters. The van der Waals surface area contributed by atoms with Crippen LogP contribution in [0, 0.1) is 13.8 Å². The molecule has 9 heteroatoms. The van der Waals surface area contributed by atoms with Crippen molar-refractivity contribution in [1.29, 1.82) is 0 Å². The van der Waals surface area contributed by atoms with Crippen LogP contribution in [0.4, 0.5) is 5.69 Å². The molecule has 2 aromatic heterocycles. The van der Waals surface area contributed by atoms with Crippen LogP contribution in [0.2, 0.25) is 0 Å². The van der Waals surface area contributed by atoms with E-state index in [0.29, 0.717) is 33.5 Å². The van der Waals surface area contributed by atoms with Crippen molar-refractivity contribution in [3.05, 3.63) is 95.6 Å². The third-order valence-electron chi connectivity index (χ3n) is 7.38. The maximum absolute atomic E-state index is 13.2. The largest absolute Gasteiger partial charge is 0.455 e. The second kappa shape index (κ2) is 10.4. The molecule has 1 amide bonds. The minimum atomic E-state index is -3.62. The molecular formula is C33H29N3O4S2. The van der Waals surface area contributed by atoms with Gasteiger partial charge in [0.15, 0.2) is 0 Å². The van der Waals surface area contributed by atoms with Gasteiger partial charge in [0.05, 0.1) is 27.7 Å². The third-order valence-corrected chi connectivity index (χ3v) is 9.63. The van der Waals surface area contributed by atoms with Crippen molar-refractivity contribution in [1.82, 2.24) is 10.3 Å². The van der Waals surface area contributed by atoms with Gasteiger partial charge in [-0.05, 0) is 49.2 Å². The van der Waals surface area contributed by atoms with E-state index in [4.69, 9.17) is 9.40 Å². The van der Waals surface area contributed by atoms with Gasteiger partial charge in [0.2, 0.25) is 10.0 Å². The molecule has 0 saturated heterocycles. The highest BCUT2D eigenvalue weighted by Crippen LogP contribution is 2.42. The Bertz CT molecular complexity index is 2110. The van der Waals surface area contributed by atoms with E-state index in [9.17, 15) is 13.2 Å². The normalized spacial score (nSPS) is 11.7. The number of aromatic nitrogens is 1. The van der Waals surface area contributed by atoms with Gasteiger partial charge < -0.3 is 9.73 Å². The highest BCUT2D eigenvalue weighted by atomic mass is 32.2. The van der Waals surface area contributed by atoms with E-state index < -0.39 is 10.0 Å². The standard InChI is InChI=1S/C33H29N3O4S2/c1-19-9-12-21(13-10-19)31-30(32(37)34-3)25-17-24(27(18-28(25)40-31)36(4)42(5,38)39)22-7-6-8-23(16-22)33-35-26-14-11-20(2)15-29(26)41-33/h6-18H,1-5H3,(H,34,37). The van der Waals surface area contributed by atoms with Crippen LogP contribution in [-0.2, 0) is 10.0 Å². The van der Waals surface area contributed by atoms with E-state index in [1.54, 1.807) is 24.5 Å². The van der Waals surface area contributed by atoms with Crippen LogP contribution in [0.25, 0.3) is 54.2 Å². The molecular weight excluding hydrogens is 567 g/mol. The summed E-state index contributed by atoms with van der Waals surface area (Å²) >= 11 is 1.61. The molecule has 0 aliphatic rings. The first kappa shape index (κ1) is 27.7. The number of nitrogens with one attached hydrogen (secondary N) is 1. The number of nitrogens with zero attached hydrogens (tertiary/aromatic N) is 2. The van der Waals surface area contributed by atoms with Gasteiger partial charge in [0.1, 0.15) is 16.4 Å². The molecule has 6 rings (SSSR count). The maximum atomic E-state index is 13.2. The topological polar surface area (TPSA) is 92.5 Å². The number of fused-ring (bicyclic) bond motifs is 2. The van der Waals surface area contributed by atoms with Gasteiger partial charge in [-0.1, -0.05) is 54.1 Å². The minimum Gasteiger partial charge on any atom is -0.455 e. The van der Waals surface area contributed by atoms with E-state index in [0.717, 1.165) is 43.7 Å². The first-order valence-corrected chi connectivity index (χ1v) is 16.0. The zero-order chi connectivity index (χ0) is 29.8. The molecule has 0 aliphatic carbocycles. The SMILES string of the molecule is CNC(=O)c1c(-c2ccc(C)cc2)oc2cc(N(C)S(C)(=O)=O)c(-c3cccc(-c4nc5ccc(C)cc5s4)c3)cc12. The summed E-state index contributed by atoms with van der Waals surface area (Å²) in [5, 5.41) is 4.19. The number of hydrogen-bond donors (Lipinski definition) is 1. The average molecular weight is 596 g/mol. The Morgan fingerprint density at radius 3 is 2.33 bits per heavy atom. The summed E-state index contributed by atoms with van der Waals surface area (Å²) < 4.78 is 34.2. The van der Waals surface area contributed by atoms with Gasteiger partial charge in [0, 0.05) is 42.2 Å². The number of rotatable bonds is 6. The molecule has 42 heavy (non-hydrogen) atoms. The molecule has 0 aliphatic heterocycles. The fraction of sp³-hybridized carbons (Fsp3) is 0.152. The molecule has 1 N–H and O–H groups in total. The van der Waals surface area contributed by atoms with Gasteiger partial charge in [0.25, 0.3) is 5.91 Å². The van der Waals surface area contributed by atoms with Gasteiger partial charge in [-0.15, -0.1) is 11.3 Å². The summed E-state index contributed by atoms with van der Waals surface area (Å²) in [6.07, 6.45) is 1.16. The van der Waals surface area contributed by atoms with Crippen molar-refractivity contribution >= 4 is 54.1 Å². The number of carbonyl (C=O) groups is 1. The molecule has 0 bridgehead atoms. The summed E-state index contributed by atoms with van der Waals surface area (Å²) in [4.78, 5) is 18.1. The van der Waals surface area contributed by atoms with Crippen LogP contribution < -0.4 is 9.62 Å². The van der Waals surface area contributed by atoms with Crippen LogP contribution in [0.15, 0.2) is 83.3 Å². The number of carbonyl (C=O) groups excluding carboxylic acids is 1. The predicted octanol–water partition coefficient (Wildman–Crippen LogP) is 7.42. The Morgan fingerprint density at radius 1 is 0.905 bits per heavy atom. The maximum Gasteiger partial charge on any atom is 0.255 e. The summed E-state index contributed by atoms with van der Waals surface area (Å²) in [5.41, 5.74) is 7.54. The fourth-order valence-electron chi connectivity index (χ4n) is 5.04. The number of thiazole rings is 1. The van der Waals surface area contributed by atoms with Crippen molar-refractivity contribution in [2.24, 2.45) is 0 Å². The monoisotopic (exact) mass is 595 g/mol. The van der Waals surface area contributed by atoms with E-state index in [2.05, 4.69) is 18.3 Å². The van der Waals surface area contributed by atoms with E-state index >= 15 is 0 Å². The van der Waals surface area contributed by atoms with E-state index in [-0.39, 0.29) is 5.91 Å². The highest BCUT2D eigenvalue weighted by Gasteiger charge is 2.26. The molecule has 6 aromatic rings. The second-order valence-electron chi connectivity index (χ2n) is 10.4. The third kappa shape index (κ3) is 4.95. The van der Waals surface area contributed by atoms with E-state index in [1.807, 2.05) is 73.7 Å². The Morgan fingerprint density at radius 2 is 1.62 bits per heavy atom. The molecule has 4 aromatic carbocycles. The van der Waals surface area contributed by atoms with Gasteiger partial charge in [-0.3, -0.25) is 9.10 Å². The molecule has 0 fully saturated rings. The highest BCUT2D eigenvalue weighted by molar-refractivity contribution is 7.92. The van der Waals surface area contributed by atoms with Gasteiger partial charge >= 0.3 is 0 Å². The number of aryl methyl sites for hydroxylation is 2. The molecule has 0 atom stereocenters. The van der Waals surface area contributed by atoms with Crippen LogP contribution in [0.1, 0.15) is 21.5 Å². The predicted molar refractivity (Wildman–Crippen MR) is 172 cm³/mol. The zero-order valence-electron chi connectivity index (χ0n) is 23.8. The molecule has 212 valence electrons. The quantitative estimate of drug-likeness (QED) is 0.216. The lowest BCUT2D eigenvalue weighted by Gasteiger charge is -2.21. The number of furan rings is 1. The average Bonchev–Trinajstić information content (AvgIpc) is 3.56. The zero-order valence-corrected chi connectivity index (χ0v) is 25.5. The summed E-state index contributed by atoms with van der Waals surface area (Å²) in [6.45, 7) is 4.05. The van der Waals surface area contributed by atoms with Crippen LogP contribution >= 0.6 is 11.3 Å². The van der Waals surface area contributed by atoms with Gasteiger partial charge in [-0.25, -0.2) is 13.4 Å². The number of sulfonamides is 1. The van der Waals surface area contributed by atoms with Crippen LogP contribution in [0.3, 0.4) is 0 Å². The van der Waals surface area contributed by atoms with Crippen LogP contribution in [-0.4, -0.2) is 39.7 Å². The first-order chi connectivity index (χ1) is 20.0. The summed E-state index contributed by atoms with van der Waals surface area (Å²) in [5.74, 6) is 0.131. The number of amides is 1. The smallest absolute Gasteiger partial charge is 0.255 e. The lowest BCUT2D eigenvalue weighted by atomic mass is 9.97. The Hall–Kier alpha value is -4.47. The lowest BCUT2D eigenvalue weighted by molar-refractivity contribution is 0.0964. The van der Waals surface area contributed by atoms with Crippen LogP contribution in [0.5, 0.6) is 0 Å². The van der Waals surface area contributed by atoms with Crippen molar-refractivity contribution in [3.63, 3.8) is 0 Å². The second-order valence-corrected chi connectivity index (χ2v) is 13.5. The van der Waals surface area contributed by atoms with Crippen molar-refractivity contribution in [2.75, 3.05) is 24.7 Å². The molecule has 2 heterocycles. The van der Waals surface area contributed by atoms with Crippen molar-refractivity contribution < 1.29 is 17.6 Å². The number of benzene rings is 4. The molecule has 0 radical (unpaired) electrons. The first-order valence-electron chi connectivity index (χ1n) is 13.3. The van der Waals surface area contributed by atoms with Crippen molar-refractivity contribution in [3.8, 4) is 33.0 Å². The lowest BCUT2D eigenvalue weighted by Crippen LogP contribution is -2.25. The van der Waals surface area contributed by atoms with E-state index in [1.165, 1.54) is 16.9 Å². The Kier molecular flexibility index (Phi) is 6.87. The molecule has 0 spiro atoms. The Balaban J connectivity index is 1.60. The minimum absolute atomic E-state index is 0.294.